The molecule has 0 unspecified atom stereocenters. The summed E-state index contributed by atoms with van der Waals surface area (Å²) in [6.45, 7) is 7.93. The van der Waals surface area contributed by atoms with Crippen LogP contribution in [-0.4, -0.2) is 11.1 Å². The van der Waals surface area contributed by atoms with Gasteiger partial charge in [0, 0.05) is 0 Å². The number of carbonyl (C=O) groups is 1. The number of aromatic carboxylic acids is 1. The Morgan fingerprint density at radius 2 is 1.90 bits per heavy atom. The van der Waals surface area contributed by atoms with E-state index in [-0.39, 0.29) is 5.56 Å². The highest BCUT2D eigenvalue weighted by molar-refractivity contribution is 5.88. The Bertz CT molecular complexity index is 670. The lowest BCUT2D eigenvalue weighted by Crippen LogP contribution is -2.02. The lowest BCUT2D eigenvalue weighted by atomic mass is 10.0. The number of carboxylic acids is 1. The van der Waals surface area contributed by atoms with Gasteiger partial charge in [0.2, 0.25) is 0 Å². The molecule has 2 aromatic carbocycles. The zero-order chi connectivity index (χ0) is 15.4. The zero-order valence-electron chi connectivity index (χ0n) is 12.2. The molecule has 0 aromatic heterocycles. The lowest BCUT2D eigenvalue weighted by Gasteiger charge is -2.12. The Balaban J connectivity index is 2.18. The fraction of sp³-hybridized carbons (Fsp3) is 0.167. The SMILES string of the molecule is C=Cc1ccc(COc2cc(C(=O)O)cc(C)c2C)cc1. The average molecular weight is 282 g/mol. The first-order valence-corrected chi connectivity index (χ1v) is 6.70. The van der Waals surface area contributed by atoms with Gasteiger partial charge in [-0.15, -0.1) is 0 Å². The van der Waals surface area contributed by atoms with Gasteiger partial charge in [0.15, 0.2) is 0 Å². The second-order valence-electron chi connectivity index (χ2n) is 4.96. The fourth-order valence-corrected chi connectivity index (χ4v) is 2.01. The van der Waals surface area contributed by atoms with Crippen molar-refractivity contribution < 1.29 is 14.6 Å². The quantitative estimate of drug-likeness (QED) is 0.893. The van der Waals surface area contributed by atoms with Gasteiger partial charge >= 0.3 is 5.97 Å². The molecule has 0 saturated heterocycles. The minimum Gasteiger partial charge on any atom is -0.489 e. The van der Waals surface area contributed by atoms with E-state index < -0.39 is 5.97 Å². The monoisotopic (exact) mass is 282 g/mol. The predicted octanol–water partition coefficient (Wildman–Crippen LogP) is 4.22. The van der Waals surface area contributed by atoms with Gasteiger partial charge in [0.1, 0.15) is 12.4 Å². The highest BCUT2D eigenvalue weighted by atomic mass is 16.5. The fourth-order valence-electron chi connectivity index (χ4n) is 2.01. The van der Waals surface area contributed by atoms with Crippen LogP contribution < -0.4 is 4.74 Å². The third kappa shape index (κ3) is 3.51. The maximum Gasteiger partial charge on any atom is 0.335 e. The average Bonchev–Trinajstić information content (AvgIpc) is 2.49. The molecule has 0 aliphatic rings. The number of carboxylic acid groups (broad SMARTS) is 1. The Kier molecular flexibility index (Phi) is 4.43. The molecule has 1 N–H and O–H groups in total. The maximum atomic E-state index is 11.1. The Morgan fingerprint density at radius 1 is 1.24 bits per heavy atom. The third-order valence-electron chi connectivity index (χ3n) is 3.48. The second kappa shape index (κ2) is 6.27. The van der Waals surface area contributed by atoms with Crippen LogP contribution in [0.5, 0.6) is 5.75 Å². The van der Waals surface area contributed by atoms with E-state index in [1.165, 1.54) is 0 Å². The molecule has 0 saturated carbocycles. The number of benzene rings is 2. The van der Waals surface area contributed by atoms with Crippen LogP contribution in [0.4, 0.5) is 0 Å². The predicted molar refractivity (Wildman–Crippen MR) is 83.7 cm³/mol. The molecule has 0 bridgehead atoms. The van der Waals surface area contributed by atoms with Gasteiger partial charge in [0.25, 0.3) is 0 Å². The number of ether oxygens (including phenoxy) is 1. The van der Waals surface area contributed by atoms with Crippen LogP contribution in [0.25, 0.3) is 6.08 Å². The van der Waals surface area contributed by atoms with Gasteiger partial charge in [-0.3, -0.25) is 0 Å². The molecule has 0 amide bonds. The summed E-state index contributed by atoms with van der Waals surface area (Å²) in [5.41, 5.74) is 4.20. The summed E-state index contributed by atoms with van der Waals surface area (Å²) >= 11 is 0. The van der Waals surface area contributed by atoms with E-state index in [1.54, 1.807) is 18.2 Å². The van der Waals surface area contributed by atoms with Gasteiger partial charge in [-0.25, -0.2) is 4.79 Å². The minimum absolute atomic E-state index is 0.245. The summed E-state index contributed by atoms with van der Waals surface area (Å²) in [4.78, 5) is 11.1. The van der Waals surface area contributed by atoms with Crippen molar-refractivity contribution in [3.05, 3.63) is 70.8 Å². The van der Waals surface area contributed by atoms with E-state index in [2.05, 4.69) is 6.58 Å². The van der Waals surface area contributed by atoms with E-state index in [1.807, 2.05) is 38.1 Å². The van der Waals surface area contributed by atoms with Crippen molar-refractivity contribution in [2.24, 2.45) is 0 Å². The Labute approximate surface area is 124 Å². The first kappa shape index (κ1) is 14.9. The van der Waals surface area contributed by atoms with E-state index in [4.69, 9.17) is 9.84 Å². The molecule has 2 rings (SSSR count). The van der Waals surface area contributed by atoms with Crippen molar-refractivity contribution >= 4 is 12.0 Å². The molecule has 21 heavy (non-hydrogen) atoms. The smallest absolute Gasteiger partial charge is 0.335 e. The maximum absolute atomic E-state index is 11.1. The van der Waals surface area contributed by atoms with Gasteiger partial charge in [-0.1, -0.05) is 36.9 Å². The Morgan fingerprint density at radius 3 is 2.48 bits per heavy atom. The molecule has 3 heteroatoms. The van der Waals surface area contributed by atoms with Crippen molar-refractivity contribution in [3.63, 3.8) is 0 Å². The van der Waals surface area contributed by atoms with Gasteiger partial charge in [0.05, 0.1) is 5.56 Å². The molecule has 0 fully saturated rings. The lowest BCUT2D eigenvalue weighted by molar-refractivity contribution is 0.0696. The van der Waals surface area contributed by atoms with Crippen molar-refractivity contribution in [2.45, 2.75) is 20.5 Å². The highest BCUT2D eigenvalue weighted by Crippen LogP contribution is 2.24. The van der Waals surface area contributed by atoms with Gasteiger partial charge < -0.3 is 9.84 Å². The van der Waals surface area contributed by atoms with Crippen LogP contribution in [0.1, 0.15) is 32.6 Å². The third-order valence-corrected chi connectivity index (χ3v) is 3.48. The summed E-state index contributed by atoms with van der Waals surface area (Å²) < 4.78 is 5.78. The summed E-state index contributed by atoms with van der Waals surface area (Å²) in [7, 11) is 0. The number of rotatable bonds is 5. The van der Waals surface area contributed by atoms with Crippen LogP contribution in [0.2, 0.25) is 0 Å². The normalized spacial score (nSPS) is 10.2. The van der Waals surface area contributed by atoms with E-state index >= 15 is 0 Å². The number of hydrogen-bond donors (Lipinski definition) is 1. The second-order valence-corrected chi connectivity index (χ2v) is 4.96. The van der Waals surface area contributed by atoms with Gasteiger partial charge in [-0.05, 0) is 48.2 Å². The molecule has 3 nitrogen and oxygen atoms in total. The summed E-state index contributed by atoms with van der Waals surface area (Å²) in [6.07, 6.45) is 1.79. The van der Waals surface area contributed by atoms with Crippen LogP contribution in [0.3, 0.4) is 0 Å². The summed E-state index contributed by atoms with van der Waals surface area (Å²) in [5.74, 6) is -0.335. The van der Waals surface area contributed by atoms with Crippen molar-refractivity contribution in [1.29, 1.82) is 0 Å². The molecule has 0 heterocycles. The molecular weight excluding hydrogens is 264 g/mol. The first-order chi connectivity index (χ1) is 10.0. The Hall–Kier alpha value is -2.55. The summed E-state index contributed by atoms with van der Waals surface area (Å²) in [6, 6.07) is 11.1. The number of hydrogen-bond acceptors (Lipinski definition) is 2. The molecule has 0 spiro atoms. The van der Waals surface area contributed by atoms with Crippen LogP contribution in [-0.2, 0) is 6.61 Å². The molecular formula is C18H18O3. The first-order valence-electron chi connectivity index (χ1n) is 6.70. The van der Waals surface area contributed by atoms with Crippen molar-refractivity contribution in [3.8, 4) is 5.75 Å². The molecule has 0 aliphatic heterocycles. The standard InChI is InChI=1S/C18H18O3/c1-4-14-5-7-15(8-6-14)11-21-17-10-16(18(19)20)9-12(2)13(17)3/h4-10H,1,11H2,2-3H3,(H,19,20). The van der Waals surface area contributed by atoms with Crippen LogP contribution in [0.15, 0.2) is 43.0 Å². The highest BCUT2D eigenvalue weighted by Gasteiger charge is 2.10. The summed E-state index contributed by atoms with van der Waals surface area (Å²) in [5, 5.41) is 9.10. The topological polar surface area (TPSA) is 46.5 Å². The molecule has 108 valence electrons. The van der Waals surface area contributed by atoms with Crippen LogP contribution >= 0.6 is 0 Å². The molecule has 0 aliphatic carbocycles. The molecule has 2 aromatic rings. The van der Waals surface area contributed by atoms with Crippen molar-refractivity contribution in [1.82, 2.24) is 0 Å². The van der Waals surface area contributed by atoms with Gasteiger partial charge in [-0.2, -0.15) is 0 Å². The van der Waals surface area contributed by atoms with E-state index in [0.717, 1.165) is 22.3 Å². The molecule has 0 atom stereocenters. The molecule has 0 radical (unpaired) electrons. The van der Waals surface area contributed by atoms with E-state index in [0.29, 0.717) is 12.4 Å². The minimum atomic E-state index is -0.946. The number of aryl methyl sites for hydroxylation is 1. The van der Waals surface area contributed by atoms with E-state index in [9.17, 15) is 4.79 Å². The largest absolute Gasteiger partial charge is 0.489 e. The van der Waals surface area contributed by atoms with Crippen molar-refractivity contribution in [2.75, 3.05) is 0 Å². The zero-order valence-corrected chi connectivity index (χ0v) is 12.2. The van der Waals surface area contributed by atoms with Crippen LogP contribution in [0, 0.1) is 13.8 Å².